The standard InChI is InChI=1S/C19H24N2O/c1-5-12-10-13(19(2,3)4)11-14(17(12)22)18-20-15-8-6-7-9-16(15)21-18/h6-11,18,20-22H,5H2,1-4H3. The van der Waals surface area contributed by atoms with E-state index in [2.05, 4.69) is 50.5 Å². The SMILES string of the molecule is CCc1cc(C(C)(C)C)cc(C2Nc3ccccc3N2)c1O. The maximum Gasteiger partial charge on any atom is 0.127 e. The molecule has 2 aromatic rings. The summed E-state index contributed by atoms with van der Waals surface area (Å²) in [6.07, 6.45) is 0.729. The number of anilines is 2. The Kier molecular flexibility index (Phi) is 3.51. The largest absolute Gasteiger partial charge is 0.507 e. The van der Waals surface area contributed by atoms with E-state index in [1.807, 2.05) is 24.3 Å². The summed E-state index contributed by atoms with van der Waals surface area (Å²) in [5.41, 5.74) is 5.37. The summed E-state index contributed by atoms with van der Waals surface area (Å²) >= 11 is 0. The van der Waals surface area contributed by atoms with Crippen molar-refractivity contribution in [1.82, 2.24) is 0 Å². The fourth-order valence-electron chi connectivity index (χ4n) is 2.88. The van der Waals surface area contributed by atoms with E-state index in [0.717, 1.165) is 28.9 Å². The molecule has 0 fully saturated rings. The lowest BCUT2D eigenvalue weighted by molar-refractivity contribution is 0.458. The summed E-state index contributed by atoms with van der Waals surface area (Å²) < 4.78 is 0. The van der Waals surface area contributed by atoms with Crippen LogP contribution in [0.25, 0.3) is 0 Å². The highest BCUT2D eigenvalue weighted by atomic mass is 16.3. The number of aromatic hydroxyl groups is 1. The number of benzene rings is 2. The van der Waals surface area contributed by atoms with Crippen LogP contribution in [0.2, 0.25) is 0 Å². The molecule has 0 aliphatic carbocycles. The van der Waals surface area contributed by atoms with Gasteiger partial charge >= 0.3 is 0 Å². The van der Waals surface area contributed by atoms with E-state index in [1.54, 1.807) is 0 Å². The zero-order valence-electron chi connectivity index (χ0n) is 13.7. The number of hydrogen-bond acceptors (Lipinski definition) is 3. The van der Waals surface area contributed by atoms with Gasteiger partial charge in [0.05, 0.1) is 11.4 Å². The van der Waals surface area contributed by atoms with Gasteiger partial charge in [-0.1, -0.05) is 45.9 Å². The Morgan fingerprint density at radius 3 is 2.14 bits per heavy atom. The normalized spacial score (nSPS) is 14.4. The number of rotatable bonds is 2. The number of phenols is 1. The molecule has 116 valence electrons. The second kappa shape index (κ2) is 5.24. The molecule has 0 radical (unpaired) electrons. The van der Waals surface area contributed by atoms with Gasteiger partial charge in [-0.15, -0.1) is 0 Å². The minimum absolute atomic E-state index is 0.0534. The highest BCUT2D eigenvalue weighted by Crippen LogP contribution is 2.40. The predicted octanol–water partition coefficient (Wildman–Crippen LogP) is 4.79. The number of hydrogen-bond donors (Lipinski definition) is 3. The first kappa shape index (κ1) is 14.8. The van der Waals surface area contributed by atoms with Crippen LogP contribution in [-0.4, -0.2) is 5.11 Å². The molecule has 3 nitrogen and oxygen atoms in total. The van der Waals surface area contributed by atoms with Gasteiger partial charge in [-0.3, -0.25) is 0 Å². The number of nitrogens with one attached hydrogen (secondary N) is 2. The lowest BCUT2D eigenvalue weighted by Gasteiger charge is -2.24. The van der Waals surface area contributed by atoms with Gasteiger partial charge in [0.2, 0.25) is 0 Å². The van der Waals surface area contributed by atoms with E-state index in [1.165, 1.54) is 5.56 Å². The third-order valence-corrected chi connectivity index (χ3v) is 4.30. The van der Waals surface area contributed by atoms with Crippen molar-refractivity contribution in [2.45, 2.75) is 45.7 Å². The third kappa shape index (κ3) is 2.52. The smallest absolute Gasteiger partial charge is 0.127 e. The first-order valence-electron chi connectivity index (χ1n) is 7.88. The quantitative estimate of drug-likeness (QED) is 0.746. The van der Waals surface area contributed by atoms with Crippen LogP contribution < -0.4 is 10.6 Å². The minimum Gasteiger partial charge on any atom is -0.507 e. The molecule has 22 heavy (non-hydrogen) atoms. The fraction of sp³-hybridized carbons (Fsp3) is 0.368. The number of fused-ring (bicyclic) bond motifs is 1. The minimum atomic E-state index is -0.0926. The van der Waals surface area contributed by atoms with Crippen LogP contribution in [0.3, 0.4) is 0 Å². The molecular weight excluding hydrogens is 272 g/mol. The lowest BCUT2D eigenvalue weighted by Crippen LogP contribution is -2.17. The summed E-state index contributed by atoms with van der Waals surface area (Å²) in [7, 11) is 0. The lowest BCUT2D eigenvalue weighted by atomic mass is 9.84. The van der Waals surface area contributed by atoms with Crippen molar-refractivity contribution >= 4 is 11.4 Å². The van der Waals surface area contributed by atoms with Gasteiger partial charge in [0.15, 0.2) is 0 Å². The third-order valence-electron chi connectivity index (χ3n) is 4.30. The fourth-order valence-corrected chi connectivity index (χ4v) is 2.88. The van der Waals surface area contributed by atoms with Crippen LogP contribution >= 0.6 is 0 Å². The molecule has 0 saturated heterocycles. The van der Waals surface area contributed by atoms with Crippen LogP contribution in [0.4, 0.5) is 11.4 Å². The molecule has 1 aliphatic heterocycles. The van der Waals surface area contributed by atoms with Crippen molar-refractivity contribution in [3.8, 4) is 5.75 Å². The Morgan fingerprint density at radius 2 is 1.64 bits per heavy atom. The van der Waals surface area contributed by atoms with Gasteiger partial charge < -0.3 is 15.7 Å². The Hall–Kier alpha value is -2.16. The molecule has 0 unspecified atom stereocenters. The van der Waals surface area contributed by atoms with E-state index in [0.29, 0.717) is 5.75 Å². The summed E-state index contributed by atoms with van der Waals surface area (Å²) in [5, 5.41) is 17.5. The molecule has 0 atom stereocenters. The second-order valence-electron chi connectivity index (χ2n) is 6.94. The Morgan fingerprint density at radius 1 is 1.05 bits per heavy atom. The maximum atomic E-state index is 10.6. The predicted molar refractivity (Wildman–Crippen MR) is 92.6 cm³/mol. The Balaban J connectivity index is 2.04. The van der Waals surface area contributed by atoms with Gasteiger partial charge in [0.25, 0.3) is 0 Å². The molecule has 2 aromatic carbocycles. The zero-order valence-corrected chi connectivity index (χ0v) is 13.7. The highest BCUT2D eigenvalue weighted by Gasteiger charge is 2.26. The van der Waals surface area contributed by atoms with Crippen molar-refractivity contribution in [2.24, 2.45) is 0 Å². The van der Waals surface area contributed by atoms with E-state index in [-0.39, 0.29) is 11.6 Å². The van der Waals surface area contributed by atoms with E-state index >= 15 is 0 Å². The molecule has 1 heterocycles. The first-order chi connectivity index (χ1) is 10.4. The summed E-state index contributed by atoms with van der Waals surface area (Å²) in [6.45, 7) is 8.68. The highest BCUT2D eigenvalue weighted by molar-refractivity contribution is 5.75. The van der Waals surface area contributed by atoms with Crippen molar-refractivity contribution in [2.75, 3.05) is 10.6 Å². The summed E-state index contributed by atoms with van der Waals surface area (Å²) in [4.78, 5) is 0. The van der Waals surface area contributed by atoms with Crippen molar-refractivity contribution in [3.63, 3.8) is 0 Å². The number of phenolic OH excluding ortho intramolecular Hbond substituents is 1. The molecule has 0 saturated carbocycles. The van der Waals surface area contributed by atoms with Gasteiger partial charge in [-0.2, -0.15) is 0 Å². The van der Waals surface area contributed by atoms with Gasteiger partial charge in [-0.05, 0) is 41.2 Å². The zero-order chi connectivity index (χ0) is 15.9. The first-order valence-corrected chi connectivity index (χ1v) is 7.88. The van der Waals surface area contributed by atoms with E-state index in [9.17, 15) is 5.11 Å². The molecule has 0 spiro atoms. The average Bonchev–Trinajstić information content (AvgIpc) is 2.89. The monoisotopic (exact) mass is 296 g/mol. The van der Waals surface area contributed by atoms with Crippen LogP contribution in [0.1, 0.15) is 50.6 Å². The van der Waals surface area contributed by atoms with Crippen molar-refractivity contribution < 1.29 is 5.11 Å². The molecule has 3 heteroatoms. The average molecular weight is 296 g/mol. The van der Waals surface area contributed by atoms with Crippen LogP contribution in [0, 0.1) is 0 Å². The van der Waals surface area contributed by atoms with Crippen molar-refractivity contribution in [3.05, 3.63) is 53.1 Å². The van der Waals surface area contributed by atoms with Crippen LogP contribution in [-0.2, 0) is 11.8 Å². The summed E-state index contributed by atoms with van der Waals surface area (Å²) in [6, 6.07) is 12.4. The molecule has 0 bridgehead atoms. The van der Waals surface area contributed by atoms with Gasteiger partial charge in [0, 0.05) is 5.56 Å². The molecule has 0 aromatic heterocycles. The Labute approximate surface area is 132 Å². The van der Waals surface area contributed by atoms with Crippen molar-refractivity contribution in [1.29, 1.82) is 0 Å². The number of para-hydroxylation sites is 2. The summed E-state index contributed by atoms with van der Waals surface area (Å²) in [5.74, 6) is 0.397. The molecule has 3 N–H and O–H groups in total. The Bertz CT molecular complexity index is 676. The molecular formula is C19H24N2O. The molecule has 1 aliphatic rings. The van der Waals surface area contributed by atoms with Gasteiger partial charge in [0.1, 0.15) is 11.9 Å². The topological polar surface area (TPSA) is 44.3 Å². The van der Waals surface area contributed by atoms with Crippen LogP contribution in [0.5, 0.6) is 5.75 Å². The van der Waals surface area contributed by atoms with E-state index in [4.69, 9.17) is 0 Å². The van der Waals surface area contributed by atoms with Gasteiger partial charge in [-0.25, -0.2) is 0 Å². The molecule has 3 rings (SSSR count). The number of aryl methyl sites for hydroxylation is 1. The van der Waals surface area contributed by atoms with E-state index < -0.39 is 0 Å². The maximum absolute atomic E-state index is 10.6. The van der Waals surface area contributed by atoms with Crippen LogP contribution in [0.15, 0.2) is 36.4 Å². The molecule has 0 amide bonds. The second-order valence-corrected chi connectivity index (χ2v) is 6.94.